The largest absolute Gasteiger partial charge is 0.494 e. The Labute approximate surface area is 130 Å². The van der Waals surface area contributed by atoms with Gasteiger partial charge in [0.15, 0.2) is 0 Å². The molecule has 0 aliphatic rings. The number of carboxylic acid groups (broad SMARTS) is 1. The summed E-state index contributed by atoms with van der Waals surface area (Å²) in [5.74, 6) is -1.55. The molecule has 1 atom stereocenters. The maximum atomic E-state index is 13.2. The van der Waals surface area contributed by atoms with Crippen LogP contribution in [-0.2, 0) is 4.79 Å². The second-order valence-corrected chi connectivity index (χ2v) is 5.46. The van der Waals surface area contributed by atoms with E-state index in [1.165, 1.54) is 18.2 Å². The Morgan fingerprint density at radius 2 is 2.00 bits per heavy atom. The van der Waals surface area contributed by atoms with Crippen molar-refractivity contribution in [2.75, 3.05) is 6.61 Å². The normalized spacial score (nSPS) is 11.9. The average molecular weight is 353 g/mol. The van der Waals surface area contributed by atoms with Crippen LogP contribution in [0.5, 0.6) is 5.75 Å². The molecule has 2 aromatic rings. The Morgan fingerprint density at radius 3 is 2.67 bits per heavy atom. The molecule has 5 heteroatoms. The van der Waals surface area contributed by atoms with Crippen LogP contribution in [0.1, 0.15) is 17.9 Å². The van der Waals surface area contributed by atoms with Gasteiger partial charge in [-0.15, -0.1) is 0 Å². The summed E-state index contributed by atoms with van der Waals surface area (Å²) >= 11 is 3.34. The number of aliphatic carboxylic acids is 1. The summed E-state index contributed by atoms with van der Waals surface area (Å²) in [4.78, 5) is 11.3. The summed E-state index contributed by atoms with van der Waals surface area (Å²) in [7, 11) is 0. The fraction of sp³-hybridized carbons (Fsp3) is 0.188. The predicted octanol–water partition coefficient (Wildman–Crippen LogP) is 4.23. The first-order valence-electron chi connectivity index (χ1n) is 6.43. The topological polar surface area (TPSA) is 46.5 Å². The molecular formula is C16H14BrFO3. The fourth-order valence-corrected chi connectivity index (χ4v) is 2.39. The first-order valence-corrected chi connectivity index (χ1v) is 7.22. The standard InChI is InChI=1S/C16H14BrFO3/c17-12-4-2-6-14(10-12)21-8-7-15(16(19)20)11-3-1-5-13(18)9-11/h1-6,9-10,15H,7-8H2,(H,19,20). The Hall–Kier alpha value is -1.88. The molecule has 0 aliphatic carbocycles. The minimum Gasteiger partial charge on any atom is -0.494 e. The highest BCUT2D eigenvalue weighted by atomic mass is 79.9. The molecule has 1 N–H and O–H groups in total. The third-order valence-corrected chi connectivity index (χ3v) is 3.51. The van der Waals surface area contributed by atoms with Crippen LogP contribution in [0.15, 0.2) is 53.0 Å². The zero-order valence-corrected chi connectivity index (χ0v) is 12.7. The van der Waals surface area contributed by atoms with Crippen molar-refractivity contribution in [1.29, 1.82) is 0 Å². The van der Waals surface area contributed by atoms with Crippen molar-refractivity contribution in [3.8, 4) is 5.75 Å². The predicted molar refractivity (Wildman–Crippen MR) is 81.0 cm³/mol. The summed E-state index contributed by atoms with van der Waals surface area (Å²) in [5, 5.41) is 9.27. The lowest BCUT2D eigenvalue weighted by Crippen LogP contribution is -2.15. The Morgan fingerprint density at radius 1 is 1.24 bits per heavy atom. The maximum Gasteiger partial charge on any atom is 0.311 e. The fourth-order valence-electron chi connectivity index (χ4n) is 2.01. The molecule has 0 aliphatic heterocycles. The van der Waals surface area contributed by atoms with E-state index in [-0.39, 0.29) is 13.0 Å². The number of hydrogen-bond donors (Lipinski definition) is 1. The lowest BCUT2D eigenvalue weighted by atomic mass is 9.96. The summed E-state index contributed by atoms with van der Waals surface area (Å²) < 4.78 is 19.6. The first-order chi connectivity index (χ1) is 10.1. The van der Waals surface area contributed by atoms with Gasteiger partial charge in [-0.1, -0.05) is 34.1 Å². The lowest BCUT2D eigenvalue weighted by molar-refractivity contribution is -0.139. The van der Waals surface area contributed by atoms with E-state index in [9.17, 15) is 14.3 Å². The summed E-state index contributed by atoms with van der Waals surface area (Å²) in [6.07, 6.45) is 0.269. The SMILES string of the molecule is O=C(O)C(CCOc1cccc(Br)c1)c1cccc(F)c1. The van der Waals surface area contributed by atoms with E-state index >= 15 is 0 Å². The lowest BCUT2D eigenvalue weighted by Gasteiger charge is -2.13. The molecule has 0 radical (unpaired) electrons. The van der Waals surface area contributed by atoms with E-state index in [0.29, 0.717) is 11.3 Å². The van der Waals surface area contributed by atoms with Crippen molar-refractivity contribution in [3.63, 3.8) is 0 Å². The van der Waals surface area contributed by atoms with Crippen LogP contribution in [-0.4, -0.2) is 17.7 Å². The van der Waals surface area contributed by atoms with E-state index in [1.807, 2.05) is 12.1 Å². The van der Waals surface area contributed by atoms with Crippen LogP contribution < -0.4 is 4.74 Å². The molecule has 110 valence electrons. The van der Waals surface area contributed by atoms with Crippen molar-refractivity contribution in [2.24, 2.45) is 0 Å². The van der Waals surface area contributed by atoms with Gasteiger partial charge in [-0.05, 0) is 42.3 Å². The zero-order valence-electron chi connectivity index (χ0n) is 11.1. The highest BCUT2D eigenvalue weighted by molar-refractivity contribution is 9.10. The minimum atomic E-state index is -0.988. The van der Waals surface area contributed by atoms with E-state index < -0.39 is 17.7 Å². The van der Waals surface area contributed by atoms with Crippen LogP contribution >= 0.6 is 15.9 Å². The molecule has 0 saturated heterocycles. The number of hydrogen-bond acceptors (Lipinski definition) is 2. The van der Waals surface area contributed by atoms with Crippen molar-refractivity contribution >= 4 is 21.9 Å². The monoisotopic (exact) mass is 352 g/mol. The van der Waals surface area contributed by atoms with Gasteiger partial charge in [0.1, 0.15) is 11.6 Å². The molecule has 2 rings (SSSR count). The summed E-state index contributed by atoms with van der Waals surface area (Å²) in [6.45, 7) is 0.240. The van der Waals surface area contributed by atoms with Gasteiger partial charge in [0.05, 0.1) is 12.5 Å². The Kier molecular flexibility index (Phi) is 5.33. The summed E-state index contributed by atoms with van der Waals surface area (Å²) in [5.41, 5.74) is 0.445. The third-order valence-electron chi connectivity index (χ3n) is 3.02. The second-order valence-electron chi connectivity index (χ2n) is 4.54. The van der Waals surface area contributed by atoms with Gasteiger partial charge in [-0.25, -0.2) is 4.39 Å². The van der Waals surface area contributed by atoms with Gasteiger partial charge in [-0.2, -0.15) is 0 Å². The maximum absolute atomic E-state index is 13.2. The van der Waals surface area contributed by atoms with Gasteiger partial charge >= 0.3 is 5.97 Å². The van der Waals surface area contributed by atoms with E-state index in [2.05, 4.69) is 15.9 Å². The molecule has 2 aromatic carbocycles. The molecule has 0 spiro atoms. The quantitative estimate of drug-likeness (QED) is 0.846. The number of carbonyl (C=O) groups is 1. The molecule has 0 fully saturated rings. The highest BCUT2D eigenvalue weighted by Crippen LogP contribution is 2.23. The zero-order chi connectivity index (χ0) is 15.2. The number of benzene rings is 2. The first kappa shape index (κ1) is 15.5. The van der Waals surface area contributed by atoms with Crippen LogP contribution in [0.25, 0.3) is 0 Å². The van der Waals surface area contributed by atoms with Crippen LogP contribution in [0, 0.1) is 5.82 Å². The molecule has 0 amide bonds. The van der Waals surface area contributed by atoms with Crippen molar-refractivity contribution in [1.82, 2.24) is 0 Å². The van der Waals surface area contributed by atoms with Gasteiger partial charge < -0.3 is 9.84 Å². The average Bonchev–Trinajstić information content (AvgIpc) is 2.43. The van der Waals surface area contributed by atoms with Crippen LogP contribution in [0.3, 0.4) is 0 Å². The van der Waals surface area contributed by atoms with Crippen molar-refractivity contribution in [2.45, 2.75) is 12.3 Å². The molecule has 0 heterocycles. The van der Waals surface area contributed by atoms with Crippen LogP contribution in [0.2, 0.25) is 0 Å². The second kappa shape index (κ2) is 7.22. The number of halogens is 2. The number of carboxylic acids is 1. The summed E-state index contributed by atoms with van der Waals surface area (Å²) in [6, 6.07) is 13.0. The van der Waals surface area contributed by atoms with Crippen LogP contribution in [0.4, 0.5) is 4.39 Å². The molecule has 0 bridgehead atoms. The van der Waals surface area contributed by atoms with Gasteiger partial charge in [-0.3, -0.25) is 4.79 Å². The minimum absolute atomic E-state index is 0.240. The molecule has 0 saturated carbocycles. The van der Waals surface area contributed by atoms with E-state index in [1.54, 1.807) is 18.2 Å². The molecule has 1 unspecified atom stereocenters. The Balaban J connectivity index is 1.99. The molecule has 0 aromatic heterocycles. The molecule has 21 heavy (non-hydrogen) atoms. The number of ether oxygens (including phenoxy) is 1. The smallest absolute Gasteiger partial charge is 0.311 e. The van der Waals surface area contributed by atoms with Crippen molar-refractivity contribution < 1.29 is 19.0 Å². The van der Waals surface area contributed by atoms with Gasteiger partial charge in [0.25, 0.3) is 0 Å². The third kappa shape index (κ3) is 4.56. The number of rotatable bonds is 6. The molecular weight excluding hydrogens is 339 g/mol. The van der Waals surface area contributed by atoms with Crippen molar-refractivity contribution in [3.05, 3.63) is 64.4 Å². The molecule has 3 nitrogen and oxygen atoms in total. The highest BCUT2D eigenvalue weighted by Gasteiger charge is 2.20. The van der Waals surface area contributed by atoms with E-state index in [4.69, 9.17) is 4.74 Å². The van der Waals surface area contributed by atoms with Gasteiger partial charge in [0.2, 0.25) is 0 Å². The van der Waals surface area contributed by atoms with Gasteiger partial charge in [0, 0.05) is 4.47 Å². The van der Waals surface area contributed by atoms with E-state index in [0.717, 1.165) is 4.47 Å². The Bertz CT molecular complexity index is 630.